The van der Waals surface area contributed by atoms with E-state index in [1.807, 2.05) is 19.3 Å². The Morgan fingerprint density at radius 3 is 2.81 bits per heavy atom. The molecule has 8 nitrogen and oxygen atoms in total. The number of carbonyl (C=O) groups excluding carboxylic acids is 1. The first kappa shape index (κ1) is 15.4. The highest BCUT2D eigenvalue weighted by Gasteiger charge is 2.54. The van der Waals surface area contributed by atoms with E-state index in [0.29, 0.717) is 33.6 Å². The van der Waals surface area contributed by atoms with Gasteiger partial charge in [0.05, 0.1) is 34.6 Å². The molecule has 5 rings (SSSR count). The summed E-state index contributed by atoms with van der Waals surface area (Å²) in [6.45, 7) is 0. The third-order valence-corrected chi connectivity index (χ3v) is 5.59. The van der Waals surface area contributed by atoms with E-state index in [9.17, 15) is 4.79 Å². The summed E-state index contributed by atoms with van der Waals surface area (Å²) in [6.07, 6.45) is 9.30. The fourth-order valence-electron chi connectivity index (χ4n) is 3.89. The molecule has 0 bridgehead atoms. The zero-order valence-electron chi connectivity index (χ0n) is 13.8. The molecule has 2 aliphatic carbocycles. The molecule has 9 heteroatoms. The average Bonchev–Trinajstić information content (AvgIpc) is 3.18. The Morgan fingerprint density at radius 2 is 2.15 bits per heavy atom. The molecule has 1 unspecified atom stereocenters. The number of pyridine rings is 1. The number of aryl methyl sites for hydroxylation is 1. The number of rotatable bonds is 4. The van der Waals surface area contributed by atoms with Gasteiger partial charge in [0, 0.05) is 25.2 Å². The van der Waals surface area contributed by atoms with Crippen LogP contribution in [0.1, 0.15) is 0 Å². The van der Waals surface area contributed by atoms with E-state index in [0.717, 1.165) is 5.56 Å². The van der Waals surface area contributed by atoms with E-state index in [1.165, 1.54) is 0 Å². The number of nitrogens with one attached hydrogen (secondary N) is 2. The van der Waals surface area contributed by atoms with Crippen molar-refractivity contribution in [3.8, 4) is 11.4 Å². The van der Waals surface area contributed by atoms with E-state index in [4.69, 9.17) is 17.3 Å². The Balaban J connectivity index is 1.55. The molecular weight excluding hydrogens is 354 g/mol. The number of fused-ring (bicyclic) bond motifs is 2. The maximum absolute atomic E-state index is 11.8. The number of imidazole rings is 1. The smallest absolute Gasteiger partial charge is 0.223 e. The number of amides is 1. The molecule has 2 aliphatic rings. The molecule has 4 N–H and O–H groups in total. The number of anilines is 1. The van der Waals surface area contributed by atoms with E-state index in [2.05, 4.69) is 31.4 Å². The quantitative estimate of drug-likeness (QED) is 0.605. The minimum atomic E-state index is -0.296. The predicted molar refractivity (Wildman–Crippen MR) is 97.3 cm³/mol. The Bertz CT molecular complexity index is 1070. The van der Waals surface area contributed by atoms with Crippen LogP contribution in [0, 0.1) is 17.8 Å². The molecule has 0 radical (unpaired) electrons. The summed E-state index contributed by atoms with van der Waals surface area (Å²) < 4.78 is 1.71. The number of primary amides is 1. The fourth-order valence-corrected chi connectivity index (χ4v) is 4.09. The van der Waals surface area contributed by atoms with Crippen molar-refractivity contribution in [2.24, 2.45) is 30.5 Å². The summed E-state index contributed by atoms with van der Waals surface area (Å²) in [4.78, 5) is 23.9. The summed E-state index contributed by atoms with van der Waals surface area (Å²) in [6, 6.07) is -0.0734. The summed E-state index contributed by atoms with van der Waals surface area (Å²) in [7, 11) is 1.84. The van der Waals surface area contributed by atoms with Crippen LogP contribution in [0.5, 0.6) is 0 Å². The highest BCUT2D eigenvalue weighted by atomic mass is 35.5. The lowest BCUT2D eigenvalue weighted by atomic mass is 9.54. The Morgan fingerprint density at radius 1 is 1.35 bits per heavy atom. The van der Waals surface area contributed by atoms with Crippen LogP contribution in [-0.4, -0.2) is 36.7 Å². The average molecular weight is 370 g/mol. The number of nitrogens with two attached hydrogens (primary N) is 1. The number of hydrogen-bond donors (Lipinski definition) is 3. The van der Waals surface area contributed by atoms with Crippen LogP contribution in [0.3, 0.4) is 0 Å². The van der Waals surface area contributed by atoms with Crippen molar-refractivity contribution in [3.63, 3.8) is 0 Å². The van der Waals surface area contributed by atoms with Crippen LogP contribution >= 0.6 is 11.6 Å². The van der Waals surface area contributed by atoms with Crippen LogP contribution in [0.2, 0.25) is 5.02 Å². The molecule has 3 heterocycles. The van der Waals surface area contributed by atoms with Gasteiger partial charge >= 0.3 is 0 Å². The minimum Gasteiger partial charge on any atom is -0.378 e. The van der Waals surface area contributed by atoms with Crippen molar-refractivity contribution < 1.29 is 4.79 Å². The van der Waals surface area contributed by atoms with Crippen LogP contribution < -0.4 is 11.1 Å². The second-order valence-corrected chi connectivity index (χ2v) is 7.21. The molecule has 4 atom stereocenters. The normalized spacial score (nSPS) is 26.2. The first-order valence-corrected chi connectivity index (χ1v) is 8.68. The molecule has 1 saturated carbocycles. The Hall–Kier alpha value is -2.87. The molecule has 132 valence electrons. The zero-order chi connectivity index (χ0) is 18.0. The molecule has 0 aliphatic heterocycles. The second-order valence-electron chi connectivity index (χ2n) is 6.81. The molecule has 1 fully saturated rings. The lowest BCUT2D eigenvalue weighted by molar-refractivity contribution is -0.129. The minimum absolute atomic E-state index is 0.0734. The van der Waals surface area contributed by atoms with Gasteiger partial charge < -0.3 is 16.0 Å². The van der Waals surface area contributed by atoms with Crippen molar-refractivity contribution in [2.45, 2.75) is 6.04 Å². The van der Waals surface area contributed by atoms with Gasteiger partial charge in [-0.1, -0.05) is 23.8 Å². The molecular formula is C17H16ClN7O. The van der Waals surface area contributed by atoms with E-state index in [-0.39, 0.29) is 23.8 Å². The number of hydrogen-bond acceptors (Lipinski definition) is 5. The second kappa shape index (κ2) is 5.31. The Kier molecular flexibility index (Phi) is 3.14. The molecule has 0 saturated heterocycles. The maximum atomic E-state index is 11.8. The van der Waals surface area contributed by atoms with Crippen LogP contribution in [0.15, 0.2) is 30.7 Å². The van der Waals surface area contributed by atoms with Crippen molar-refractivity contribution in [1.82, 2.24) is 24.7 Å². The van der Waals surface area contributed by atoms with Crippen LogP contribution in [0.25, 0.3) is 22.6 Å². The number of aromatic nitrogens is 5. The van der Waals surface area contributed by atoms with E-state index in [1.54, 1.807) is 17.1 Å². The van der Waals surface area contributed by atoms with Crippen molar-refractivity contribution in [1.29, 1.82) is 0 Å². The third kappa shape index (κ3) is 2.08. The number of aromatic amines is 1. The maximum Gasteiger partial charge on any atom is 0.223 e. The van der Waals surface area contributed by atoms with Crippen LogP contribution in [0.4, 0.5) is 5.69 Å². The summed E-state index contributed by atoms with van der Waals surface area (Å²) >= 11 is 6.39. The van der Waals surface area contributed by atoms with Gasteiger partial charge in [-0.05, 0) is 5.92 Å². The topological polar surface area (TPSA) is 115 Å². The lowest BCUT2D eigenvalue weighted by Crippen LogP contribution is -2.61. The highest BCUT2D eigenvalue weighted by molar-refractivity contribution is 6.34. The summed E-state index contributed by atoms with van der Waals surface area (Å²) in [5, 5.41) is 8.04. The van der Waals surface area contributed by atoms with Gasteiger partial charge in [0.2, 0.25) is 5.91 Å². The lowest BCUT2D eigenvalue weighted by Gasteiger charge is -2.53. The van der Waals surface area contributed by atoms with Crippen LogP contribution in [-0.2, 0) is 11.8 Å². The van der Waals surface area contributed by atoms with Gasteiger partial charge in [0.1, 0.15) is 11.3 Å². The van der Waals surface area contributed by atoms with Crippen molar-refractivity contribution >= 4 is 34.4 Å². The van der Waals surface area contributed by atoms with Gasteiger partial charge in [0.25, 0.3) is 0 Å². The molecule has 3 aromatic heterocycles. The first-order chi connectivity index (χ1) is 12.5. The molecule has 26 heavy (non-hydrogen) atoms. The number of halogens is 1. The monoisotopic (exact) mass is 369 g/mol. The first-order valence-electron chi connectivity index (χ1n) is 8.30. The SMILES string of the molecule is Cn1cc(-c2nc3ncc(Cl)c(N[C@@H]4C5C=C[C@H]5[C@@H]4C(N)=O)c3[nH]2)cn1. The highest BCUT2D eigenvalue weighted by Crippen LogP contribution is 2.50. The molecule has 0 aromatic carbocycles. The Labute approximate surface area is 153 Å². The van der Waals surface area contributed by atoms with Gasteiger partial charge in [-0.25, -0.2) is 9.97 Å². The van der Waals surface area contributed by atoms with Crippen molar-refractivity contribution in [3.05, 3.63) is 35.8 Å². The summed E-state index contributed by atoms with van der Waals surface area (Å²) in [5.74, 6) is 0.661. The summed E-state index contributed by atoms with van der Waals surface area (Å²) in [5.41, 5.74) is 8.37. The largest absolute Gasteiger partial charge is 0.378 e. The van der Waals surface area contributed by atoms with E-state index < -0.39 is 0 Å². The zero-order valence-corrected chi connectivity index (χ0v) is 14.6. The van der Waals surface area contributed by atoms with Gasteiger partial charge in [-0.15, -0.1) is 0 Å². The standard InChI is InChI=1S/C17H16ClN7O/c1-25-6-7(4-21-25)16-23-14-13(10(18)5-20-17(14)24-16)22-12-9-3-2-8(9)11(12)15(19)26/h2-6,8-9,11-12H,1H3,(H2,19,26)(H2,20,22,23,24)/t8-,9?,11+,12-/m1/s1. The third-order valence-electron chi connectivity index (χ3n) is 5.31. The number of nitrogens with zero attached hydrogens (tertiary/aromatic N) is 4. The van der Waals surface area contributed by atoms with Gasteiger partial charge in [0.15, 0.2) is 5.65 Å². The molecule has 1 amide bonds. The van der Waals surface area contributed by atoms with E-state index >= 15 is 0 Å². The predicted octanol–water partition coefficient (Wildman–Crippen LogP) is 1.71. The number of carbonyl (C=O) groups is 1. The number of H-pyrrole nitrogens is 1. The van der Waals surface area contributed by atoms with Gasteiger partial charge in [-0.2, -0.15) is 5.10 Å². The number of allylic oxidation sites excluding steroid dienone is 1. The van der Waals surface area contributed by atoms with Gasteiger partial charge in [-0.3, -0.25) is 9.48 Å². The fraction of sp³-hybridized carbons (Fsp3) is 0.294. The molecule has 3 aromatic rings. The van der Waals surface area contributed by atoms with Crippen molar-refractivity contribution in [2.75, 3.05) is 5.32 Å². The molecule has 0 spiro atoms.